The van der Waals surface area contributed by atoms with E-state index in [1.54, 1.807) is 6.07 Å². The first kappa shape index (κ1) is 10.1. The number of thiophene rings is 1. The van der Waals surface area contributed by atoms with Crippen molar-refractivity contribution in [2.75, 3.05) is 6.61 Å². The maximum absolute atomic E-state index is 10.3. The Kier molecular flexibility index (Phi) is 3.35. The van der Waals surface area contributed by atoms with Crippen LogP contribution >= 0.6 is 11.3 Å². The Labute approximate surface area is 79.0 Å². The maximum Gasteiger partial charge on any atom is 0.324 e. The van der Waals surface area contributed by atoms with Gasteiger partial charge in [0, 0.05) is 17.0 Å². The van der Waals surface area contributed by atoms with Crippen molar-refractivity contribution < 1.29 is 10.0 Å². The van der Waals surface area contributed by atoms with Gasteiger partial charge in [-0.3, -0.25) is 10.1 Å². The Balaban J connectivity index is 2.64. The lowest BCUT2D eigenvalue weighted by Crippen LogP contribution is -2.26. The Morgan fingerprint density at radius 3 is 2.85 bits per heavy atom. The van der Waals surface area contributed by atoms with Crippen LogP contribution in [0.25, 0.3) is 0 Å². The molecule has 1 aromatic heterocycles. The molecule has 0 saturated carbocycles. The van der Waals surface area contributed by atoms with E-state index in [1.165, 1.54) is 6.07 Å². The first-order valence-electron chi connectivity index (χ1n) is 3.73. The van der Waals surface area contributed by atoms with Crippen LogP contribution in [0.3, 0.4) is 0 Å². The molecule has 1 heterocycles. The van der Waals surface area contributed by atoms with E-state index in [1.807, 2.05) is 0 Å². The van der Waals surface area contributed by atoms with E-state index in [4.69, 9.17) is 10.8 Å². The van der Waals surface area contributed by atoms with Crippen molar-refractivity contribution >= 4 is 16.3 Å². The molecule has 5 nitrogen and oxygen atoms in total. The van der Waals surface area contributed by atoms with Crippen LogP contribution in [0, 0.1) is 10.1 Å². The zero-order valence-corrected chi connectivity index (χ0v) is 7.66. The fourth-order valence-corrected chi connectivity index (χ4v) is 1.81. The highest BCUT2D eigenvalue weighted by molar-refractivity contribution is 7.15. The molecule has 0 bridgehead atoms. The largest absolute Gasteiger partial charge is 0.395 e. The van der Waals surface area contributed by atoms with Crippen LogP contribution in [0.1, 0.15) is 4.88 Å². The molecule has 3 N–H and O–H groups in total. The van der Waals surface area contributed by atoms with Gasteiger partial charge in [0.25, 0.3) is 0 Å². The second-order valence-electron chi connectivity index (χ2n) is 2.64. The summed E-state index contributed by atoms with van der Waals surface area (Å²) in [4.78, 5) is 10.7. The topological polar surface area (TPSA) is 89.4 Å². The van der Waals surface area contributed by atoms with Crippen molar-refractivity contribution in [3.63, 3.8) is 0 Å². The van der Waals surface area contributed by atoms with Crippen molar-refractivity contribution in [1.29, 1.82) is 0 Å². The van der Waals surface area contributed by atoms with E-state index in [0.29, 0.717) is 6.42 Å². The molecule has 0 aromatic carbocycles. The molecule has 0 aliphatic heterocycles. The lowest BCUT2D eigenvalue weighted by atomic mass is 10.2. The molecule has 6 heteroatoms. The summed E-state index contributed by atoms with van der Waals surface area (Å²) in [6, 6.07) is 2.78. The number of hydrogen-bond donors (Lipinski definition) is 2. The van der Waals surface area contributed by atoms with Crippen LogP contribution < -0.4 is 5.73 Å². The SMILES string of the molecule is NC(CO)Cc1ccc([N+](=O)[O-])s1. The smallest absolute Gasteiger partial charge is 0.324 e. The Hall–Kier alpha value is -0.980. The van der Waals surface area contributed by atoms with Gasteiger partial charge in [0.1, 0.15) is 0 Å². The van der Waals surface area contributed by atoms with E-state index in [2.05, 4.69) is 0 Å². The van der Waals surface area contributed by atoms with Crippen molar-refractivity contribution in [3.8, 4) is 0 Å². The Bertz CT molecular complexity index is 300. The fourth-order valence-electron chi connectivity index (χ4n) is 0.897. The molecule has 0 fully saturated rings. The molecular formula is C7H10N2O3S. The van der Waals surface area contributed by atoms with Gasteiger partial charge in [-0.1, -0.05) is 11.3 Å². The minimum absolute atomic E-state index is 0.105. The quantitative estimate of drug-likeness (QED) is 0.550. The van der Waals surface area contributed by atoms with Crippen LogP contribution in [0.4, 0.5) is 5.00 Å². The third-order valence-electron chi connectivity index (χ3n) is 1.53. The van der Waals surface area contributed by atoms with E-state index in [-0.39, 0.29) is 17.6 Å². The third kappa shape index (κ3) is 2.76. The van der Waals surface area contributed by atoms with Crippen molar-refractivity contribution in [3.05, 3.63) is 27.1 Å². The summed E-state index contributed by atoms with van der Waals surface area (Å²) in [5.74, 6) is 0. The lowest BCUT2D eigenvalue weighted by Gasteiger charge is -2.03. The van der Waals surface area contributed by atoms with Crippen molar-refractivity contribution in [1.82, 2.24) is 0 Å². The van der Waals surface area contributed by atoms with Crippen LogP contribution in [-0.2, 0) is 6.42 Å². The zero-order valence-electron chi connectivity index (χ0n) is 6.84. The summed E-state index contributed by atoms with van der Waals surface area (Å²) in [6.45, 7) is -0.105. The Morgan fingerprint density at radius 1 is 1.69 bits per heavy atom. The molecule has 1 unspecified atom stereocenters. The van der Waals surface area contributed by atoms with Crippen LogP contribution in [-0.4, -0.2) is 22.7 Å². The standard InChI is InChI=1S/C7H10N2O3S/c8-5(4-10)3-6-1-2-7(13-6)9(11)12/h1-2,5,10H,3-4,8H2. The molecule has 0 aliphatic rings. The molecular weight excluding hydrogens is 192 g/mol. The molecule has 0 amide bonds. The fraction of sp³-hybridized carbons (Fsp3) is 0.429. The molecule has 0 radical (unpaired) electrons. The number of nitrogens with zero attached hydrogens (tertiary/aromatic N) is 1. The van der Waals surface area contributed by atoms with Gasteiger partial charge in [-0.05, 0) is 12.5 Å². The van der Waals surface area contributed by atoms with Crippen molar-refractivity contribution in [2.45, 2.75) is 12.5 Å². The minimum Gasteiger partial charge on any atom is -0.395 e. The number of aliphatic hydroxyl groups is 1. The predicted molar refractivity (Wildman–Crippen MR) is 49.7 cm³/mol. The van der Waals surface area contributed by atoms with Gasteiger partial charge in [-0.2, -0.15) is 0 Å². The summed E-state index contributed by atoms with van der Waals surface area (Å²) in [5.41, 5.74) is 5.48. The highest BCUT2D eigenvalue weighted by Crippen LogP contribution is 2.24. The van der Waals surface area contributed by atoms with Crippen LogP contribution in [0.15, 0.2) is 12.1 Å². The first-order valence-corrected chi connectivity index (χ1v) is 4.54. The number of rotatable bonds is 4. The predicted octanol–water partition coefficient (Wildman–Crippen LogP) is 0.518. The molecule has 0 spiro atoms. The molecule has 13 heavy (non-hydrogen) atoms. The maximum atomic E-state index is 10.3. The molecule has 1 aromatic rings. The third-order valence-corrected chi connectivity index (χ3v) is 2.58. The highest BCUT2D eigenvalue weighted by atomic mass is 32.1. The number of hydrogen-bond acceptors (Lipinski definition) is 5. The van der Waals surface area contributed by atoms with Gasteiger partial charge in [0.2, 0.25) is 0 Å². The van der Waals surface area contributed by atoms with Crippen LogP contribution in [0.2, 0.25) is 0 Å². The van der Waals surface area contributed by atoms with Gasteiger partial charge < -0.3 is 10.8 Å². The average molecular weight is 202 g/mol. The summed E-state index contributed by atoms with van der Waals surface area (Å²) in [7, 11) is 0. The first-order chi connectivity index (χ1) is 6.13. The monoisotopic (exact) mass is 202 g/mol. The van der Waals surface area contributed by atoms with Crippen LogP contribution in [0.5, 0.6) is 0 Å². The summed E-state index contributed by atoms with van der Waals surface area (Å²) >= 11 is 1.09. The average Bonchev–Trinajstić information content (AvgIpc) is 2.52. The number of aliphatic hydroxyl groups excluding tert-OH is 1. The van der Waals surface area contributed by atoms with Gasteiger partial charge in [-0.25, -0.2) is 0 Å². The summed E-state index contributed by atoms with van der Waals surface area (Å²) in [5, 5.41) is 19.1. The molecule has 1 rings (SSSR count). The van der Waals surface area contributed by atoms with Gasteiger partial charge >= 0.3 is 5.00 Å². The normalized spacial score (nSPS) is 12.8. The molecule has 0 aliphatic carbocycles. The van der Waals surface area contributed by atoms with Gasteiger partial charge in [0.15, 0.2) is 0 Å². The number of nitrogens with two attached hydrogens (primary N) is 1. The lowest BCUT2D eigenvalue weighted by molar-refractivity contribution is -0.380. The van der Waals surface area contributed by atoms with E-state index >= 15 is 0 Å². The van der Waals surface area contributed by atoms with E-state index in [0.717, 1.165) is 16.2 Å². The second kappa shape index (κ2) is 4.31. The van der Waals surface area contributed by atoms with Crippen molar-refractivity contribution in [2.24, 2.45) is 5.73 Å². The molecule has 72 valence electrons. The zero-order chi connectivity index (χ0) is 9.84. The summed E-state index contributed by atoms with van der Waals surface area (Å²) < 4.78 is 0. The van der Waals surface area contributed by atoms with Gasteiger partial charge in [0.05, 0.1) is 11.5 Å². The highest BCUT2D eigenvalue weighted by Gasteiger charge is 2.11. The Morgan fingerprint density at radius 2 is 2.38 bits per heavy atom. The minimum atomic E-state index is -0.432. The second-order valence-corrected chi connectivity index (χ2v) is 3.79. The molecule has 0 saturated heterocycles. The van der Waals surface area contributed by atoms with Gasteiger partial charge in [-0.15, -0.1) is 0 Å². The molecule has 1 atom stereocenters. The van der Waals surface area contributed by atoms with E-state index in [9.17, 15) is 10.1 Å². The summed E-state index contributed by atoms with van der Waals surface area (Å²) in [6.07, 6.45) is 0.481. The van der Waals surface area contributed by atoms with E-state index < -0.39 is 4.92 Å². The number of nitro groups is 1.